The monoisotopic (exact) mass is 281 g/mol. The van der Waals surface area contributed by atoms with E-state index in [0.717, 1.165) is 35.8 Å². The number of methoxy groups -OCH3 is 1. The number of thioether (sulfide) groups is 1. The third-order valence-electron chi connectivity index (χ3n) is 3.78. The second-order valence-electron chi connectivity index (χ2n) is 5.44. The van der Waals surface area contributed by atoms with Crippen LogP contribution in [0.1, 0.15) is 12.0 Å². The molecule has 1 aliphatic heterocycles. The first-order chi connectivity index (χ1) is 9.06. The Morgan fingerprint density at radius 2 is 2.26 bits per heavy atom. The van der Waals surface area contributed by atoms with E-state index in [-0.39, 0.29) is 5.92 Å². The van der Waals surface area contributed by atoms with Crippen molar-refractivity contribution in [1.82, 2.24) is 4.90 Å². The van der Waals surface area contributed by atoms with Crippen molar-refractivity contribution in [3.05, 3.63) is 29.8 Å². The summed E-state index contributed by atoms with van der Waals surface area (Å²) in [4.78, 5) is 2.15. The molecule has 1 heterocycles. The first kappa shape index (κ1) is 14.7. The van der Waals surface area contributed by atoms with Gasteiger partial charge in [-0.2, -0.15) is 11.8 Å². The fourth-order valence-corrected chi connectivity index (χ4v) is 4.00. The molecule has 1 saturated heterocycles. The molecule has 0 spiro atoms. The molecule has 2 atom stereocenters. The van der Waals surface area contributed by atoms with Crippen LogP contribution in [0.3, 0.4) is 0 Å². The van der Waals surface area contributed by atoms with Crippen LogP contribution in [0, 0.1) is 5.92 Å². The Hall–Kier alpha value is -0.710. The van der Waals surface area contributed by atoms with Gasteiger partial charge in [0.25, 0.3) is 0 Å². The Morgan fingerprint density at radius 3 is 2.95 bits per heavy atom. The smallest absolute Gasteiger partial charge is 0.119 e. The molecule has 0 bridgehead atoms. The molecule has 1 aliphatic rings. The van der Waals surface area contributed by atoms with E-state index in [9.17, 15) is 5.11 Å². The van der Waals surface area contributed by atoms with E-state index in [1.807, 2.05) is 36.0 Å². The zero-order chi connectivity index (χ0) is 13.9. The second-order valence-corrected chi connectivity index (χ2v) is 6.59. The SMILES string of the molecule is COc1cccc([C@]2(O)CCSC[C@@H]2CN(C)C)c1. The molecule has 19 heavy (non-hydrogen) atoms. The van der Waals surface area contributed by atoms with Gasteiger partial charge in [0.2, 0.25) is 0 Å². The van der Waals surface area contributed by atoms with Gasteiger partial charge in [-0.1, -0.05) is 12.1 Å². The molecule has 3 nitrogen and oxygen atoms in total. The van der Waals surface area contributed by atoms with Crippen molar-refractivity contribution in [2.24, 2.45) is 5.92 Å². The van der Waals surface area contributed by atoms with Crippen LogP contribution in [0.25, 0.3) is 0 Å². The first-order valence-electron chi connectivity index (χ1n) is 6.65. The van der Waals surface area contributed by atoms with Crippen molar-refractivity contribution in [2.45, 2.75) is 12.0 Å². The molecule has 1 fully saturated rings. The summed E-state index contributed by atoms with van der Waals surface area (Å²) in [6.07, 6.45) is 0.809. The lowest BCUT2D eigenvalue weighted by Crippen LogP contribution is -2.45. The van der Waals surface area contributed by atoms with Crippen LogP contribution < -0.4 is 4.74 Å². The number of nitrogens with zero attached hydrogens (tertiary/aromatic N) is 1. The largest absolute Gasteiger partial charge is 0.497 e. The molecular weight excluding hydrogens is 258 g/mol. The van der Waals surface area contributed by atoms with Crippen LogP contribution in [-0.4, -0.2) is 49.3 Å². The van der Waals surface area contributed by atoms with Crippen LogP contribution >= 0.6 is 11.8 Å². The van der Waals surface area contributed by atoms with Gasteiger partial charge in [0.15, 0.2) is 0 Å². The molecule has 1 N–H and O–H groups in total. The molecular formula is C15H23NO2S. The predicted octanol–water partition coefficient (Wildman–Crippen LogP) is 2.20. The number of aliphatic hydroxyl groups is 1. The highest BCUT2D eigenvalue weighted by molar-refractivity contribution is 7.99. The van der Waals surface area contributed by atoms with Crippen molar-refractivity contribution >= 4 is 11.8 Å². The fourth-order valence-electron chi connectivity index (χ4n) is 2.71. The summed E-state index contributed by atoms with van der Waals surface area (Å²) in [6.45, 7) is 0.903. The average Bonchev–Trinajstić information content (AvgIpc) is 2.41. The average molecular weight is 281 g/mol. The highest BCUT2D eigenvalue weighted by Crippen LogP contribution is 2.41. The van der Waals surface area contributed by atoms with E-state index in [0.29, 0.717) is 0 Å². The Kier molecular flexibility index (Phi) is 4.76. The summed E-state index contributed by atoms with van der Waals surface area (Å²) in [7, 11) is 5.79. The lowest BCUT2D eigenvalue weighted by Gasteiger charge is -2.41. The Labute approximate surface area is 120 Å². The molecule has 0 aromatic heterocycles. The summed E-state index contributed by atoms with van der Waals surface area (Å²) < 4.78 is 5.28. The molecule has 0 radical (unpaired) electrons. The maximum Gasteiger partial charge on any atom is 0.119 e. The van der Waals surface area contributed by atoms with Gasteiger partial charge in [0, 0.05) is 18.2 Å². The molecule has 4 heteroatoms. The third-order valence-corrected chi connectivity index (χ3v) is 4.91. The standard InChI is InChI=1S/C15H23NO2S/c1-16(2)10-13-11-19-8-7-15(13,17)12-5-4-6-14(9-12)18-3/h4-6,9,13,17H,7-8,10-11H2,1-3H3/t13-,15+/m0/s1. The zero-order valence-electron chi connectivity index (χ0n) is 11.9. The molecule has 0 aliphatic carbocycles. The minimum absolute atomic E-state index is 0.258. The third kappa shape index (κ3) is 3.25. The van der Waals surface area contributed by atoms with Gasteiger partial charge in [-0.05, 0) is 44.0 Å². The summed E-state index contributed by atoms with van der Waals surface area (Å²) in [5.41, 5.74) is 0.253. The van der Waals surface area contributed by atoms with E-state index < -0.39 is 5.60 Å². The van der Waals surface area contributed by atoms with Gasteiger partial charge in [-0.3, -0.25) is 0 Å². The minimum Gasteiger partial charge on any atom is -0.497 e. The van der Waals surface area contributed by atoms with Crippen LogP contribution in [-0.2, 0) is 5.60 Å². The van der Waals surface area contributed by atoms with Gasteiger partial charge in [-0.25, -0.2) is 0 Å². The number of ether oxygens (including phenoxy) is 1. The van der Waals surface area contributed by atoms with Gasteiger partial charge >= 0.3 is 0 Å². The van der Waals surface area contributed by atoms with Gasteiger partial charge in [0.1, 0.15) is 5.75 Å². The summed E-state index contributed by atoms with van der Waals surface area (Å²) in [6, 6.07) is 7.87. The Balaban J connectivity index is 2.30. The zero-order valence-corrected chi connectivity index (χ0v) is 12.7. The topological polar surface area (TPSA) is 32.7 Å². The van der Waals surface area contributed by atoms with Gasteiger partial charge in [-0.15, -0.1) is 0 Å². The summed E-state index contributed by atoms with van der Waals surface area (Å²) in [5.74, 6) is 3.09. The van der Waals surface area contributed by atoms with Crippen molar-refractivity contribution in [3.8, 4) is 5.75 Å². The fraction of sp³-hybridized carbons (Fsp3) is 0.600. The van der Waals surface area contributed by atoms with Crippen molar-refractivity contribution in [1.29, 1.82) is 0 Å². The summed E-state index contributed by atoms with van der Waals surface area (Å²) in [5, 5.41) is 11.2. The number of hydrogen-bond acceptors (Lipinski definition) is 4. The van der Waals surface area contributed by atoms with Crippen molar-refractivity contribution in [2.75, 3.05) is 39.3 Å². The van der Waals surface area contributed by atoms with E-state index in [2.05, 4.69) is 19.0 Å². The molecule has 106 valence electrons. The highest BCUT2D eigenvalue weighted by atomic mass is 32.2. The minimum atomic E-state index is -0.732. The first-order valence-corrected chi connectivity index (χ1v) is 7.81. The van der Waals surface area contributed by atoms with E-state index >= 15 is 0 Å². The Morgan fingerprint density at radius 1 is 1.47 bits per heavy atom. The highest BCUT2D eigenvalue weighted by Gasteiger charge is 2.41. The van der Waals surface area contributed by atoms with E-state index in [1.54, 1.807) is 7.11 Å². The molecule has 1 aromatic rings. The molecule has 2 rings (SSSR count). The maximum absolute atomic E-state index is 11.2. The second kappa shape index (κ2) is 6.16. The van der Waals surface area contributed by atoms with Gasteiger partial charge < -0.3 is 14.7 Å². The molecule has 0 amide bonds. The van der Waals surface area contributed by atoms with Crippen LogP contribution in [0.5, 0.6) is 5.75 Å². The lowest BCUT2D eigenvalue weighted by molar-refractivity contribution is -0.0294. The number of hydrogen-bond donors (Lipinski definition) is 1. The van der Waals surface area contributed by atoms with Crippen LogP contribution in [0.15, 0.2) is 24.3 Å². The van der Waals surface area contributed by atoms with E-state index in [4.69, 9.17) is 4.74 Å². The Bertz CT molecular complexity index is 424. The van der Waals surface area contributed by atoms with Crippen LogP contribution in [0.2, 0.25) is 0 Å². The quantitative estimate of drug-likeness (QED) is 0.917. The van der Waals surface area contributed by atoms with Crippen LogP contribution in [0.4, 0.5) is 0 Å². The molecule has 0 saturated carbocycles. The molecule has 1 aromatic carbocycles. The molecule has 0 unspecified atom stereocenters. The normalized spacial score (nSPS) is 27.5. The van der Waals surface area contributed by atoms with Crippen molar-refractivity contribution < 1.29 is 9.84 Å². The summed E-state index contributed by atoms with van der Waals surface area (Å²) >= 11 is 1.93. The van der Waals surface area contributed by atoms with E-state index in [1.165, 1.54) is 0 Å². The van der Waals surface area contributed by atoms with Crippen molar-refractivity contribution in [3.63, 3.8) is 0 Å². The number of benzene rings is 1. The number of rotatable bonds is 4. The lowest BCUT2D eigenvalue weighted by atomic mass is 9.79. The predicted molar refractivity (Wildman–Crippen MR) is 80.9 cm³/mol. The maximum atomic E-state index is 11.2. The van der Waals surface area contributed by atoms with Gasteiger partial charge in [0.05, 0.1) is 12.7 Å².